The number of nitrogens with zero attached hydrogens (tertiary/aromatic N) is 1. The van der Waals surface area contributed by atoms with E-state index >= 15 is 0 Å². The first-order valence-corrected chi connectivity index (χ1v) is 8.51. The number of unbranched alkanes of at least 4 members (excludes halogenated alkanes) is 6. The first-order chi connectivity index (χ1) is 11.1. The van der Waals surface area contributed by atoms with Crippen LogP contribution in [0.15, 0.2) is 29.3 Å². The third-order valence-corrected chi connectivity index (χ3v) is 3.73. The molecule has 0 unspecified atom stereocenters. The smallest absolute Gasteiger partial charge is 0.335 e. The maximum Gasteiger partial charge on any atom is 0.335 e. The van der Waals surface area contributed by atoms with E-state index in [0.717, 1.165) is 12.8 Å². The van der Waals surface area contributed by atoms with E-state index < -0.39 is 5.97 Å². The molecule has 4 nitrogen and oxygen atoms in total. The standard InChI is InChI=1S/C19H27NO3/c1-2-3-4-5-6-7-8-9-18(21)14-15-20-17-12-10-16(11-13-17)19(22)23/h10-13,15H,2-9,14H2,1H3,(H,22,23). The largest absolute Gasteiger partial charge is 0.478 e. The van der Waals surface area contributed by atoms with Crippen molar-refractivity contribution in [1.82, 2.24) is 0 Å². The van der Waals surface area contributed by atoms with Crippen LogP contribution in [0.25, 0.3) is 0 Å². The van der Waals surface area contributed by atoms with E-state index in [1.54, 1.807) is 18.3 Å². The van der Waals surface area contributed by atoms with Crippen molar-refractivity contribution in [2.24, 2.45) is 4.99 Å². The van der Waals surface area contributed by atoms with Crippen LogP contribution in [0.5, 0.6) is 0 Å². The number of aliphatic imine (C=N–C) groups is 1. The second-order valence-corrected chi connectivity index (χ2v) is 5.78. The van der Waals surface area contributed by atoms with Crippen LogP contribution >= 0.6 is 0 Å². The second-order valence-electron chi connectivity index (χ2n) is 5.78. The Morgan fingerprint density at radius 2 is 1.61 bits per heavy atom. The van der Waals surface area contributed by atoms with Gasteiger partial charge in [-0.2, -0.15) is 0 Å². The van der Waals surface area contributed by atoms with Gasteiger partial charge in [0, 0.05) is 19.1 Å². The van der Waals surface area contributed by atoms with Gasteiger partial charge in [-0.15, -0.1) is 0 Å². The summed E-state index contributed by atoms with van der Waals surface area (Å²) in [5.41, 5.74) is 0.901. The lowest BCUT2D eigenvalue weighted by Gasteiger charge is -2.00. The summed E-state index contributed by atoms with van der Waals surface area (Å²) in [5.74, 6) is -0.741. The Labute approximate surface area is 138 Å². The molecule has 0 aromatic heterocycles. The molecular weight excluding hydrogens is 290 g/mol. The minimum absolute atomic E-state index is 0.212. The molecule has 0 atom stereocenters. The van der Waals surface area contributed by atoms with Gasteiger partial charge in [-0.25, -0.2) is 4.79 Å². The van der Waals surface area contributed by atoms with Crippen molar-refractivity contribution in [1.29, 1.82) is 0 Å². The van der Waals surface area contributed by atoms with Crippen molar-refractivity contribution in [2.75, 3.05) is 0 Å². The number of hydrogen-bond donors (Lipinski definition) is 1. The summed E-state index contributed by atoms with van der Waals surface area (Å²) in [5, 5.41) is 8.80. The molecule has 0 aliphatic heterocycles. The fourth-order valence-electron chi connectivity index (χ4n) is 2.32. The van der Waals surface area contributed by atoms with Crippen LogP contribution < -0.4 is 0 Å². The molecule has 1 N–H and O–H groups in total. The van der Waals surface area contributed by atoms with Crippen LogP contribution in [-0.4, -0.2) is 23.1 Å². The van der Waals surface area contributed by atoms with Crippen LogP contribution in [-0.2, 0) is 4.79 Å². The zero-order valence-electron chi connectivity index (χ0n) is 14.0. The molecular formula is C19H27NO3. The SMILES string of the molecule is CCCCCCCCCC(=O)CC=Nc1ccc(C(=O)O)cc1. The molecule has 0 spiro atoms. The van der Waals surface area contributed by atoms with E-state index in [1.807, 2.05) is 0 Å². The van der Waals surface area contributed by atoms with Crippen LogP contribution in [0.3, 0.4) is 0 Å². The molecule has 0 fully saturated rings. The highest BCUT2D eigenvalue weighted by Gasteiger charge is 2.02. The predicted molar refractivity (Wildman–Crippen MR) is 93.8 cm³/mol. The molecule has 0 aliphatic carbocycles. The Balaban J connectivity index is 2.16. The van der Waals surface area contributed by atoms with Crippen molar-refractivity contribution in [3.63, 3.8) is 0 Å². The van der Waals surface area contributed by atoms with Gasteiger partial charge in [-0.1, -0.05) is 45.4 Å². The average molecular weight is 317 g/mol. The molecule has 0 radical (unpaired) electrons. The van der Waals surface area contributed by atoms with Gasteiger partial charge in [0.15, 0.2) is 0 Å². The van der Waals surface area contributed by atoms with Gasteiger partial charge in [-0.3, -0.25) is 9.79 Å². The minimum Gasteiger partial charge on any atom is -0.478 e. The fraction of sp³-hybridized carbons (Fsp3) is 0.526. The highest BCUT2D eigenvalue weighted by Crippen LogP contribution is 2.13. The van der Waals surface area contributed by atoms with Crippen molar-refractivity contribution in [3.05, 3.63) is 29.8 Å². The summed E-state index contributed by atoms with van der Waals surface area (Å²) in [6.07, 6.45) is 11.0. The average Bonchev–Trinajstić information content (AvgIpc) is 2.54. The van der Waals surface area contributed by atoms with Gasteiger partial charge in [-0.05, 0) is 30.7 Å². The maximum absolute atomic E-state index is 11.7. The number of hydrogen-bond acceptors (Lipinski definition) is 3. The van der Waals surface area contributed by atoms with Crippen molar-refractivity contribution in [3.8, 4) is 0 Å². The van der Waals surface area contributed by atoms with Crippen LogP contribution in [0.4, 0.5) is 5.69 Å². The number of carboxylic acid groups (broad SMARTS) is 1. The van der Waals surface area contributed by atoms with Crippen molar-refractivity contribution >= 4 is 23.7 Å². The van der Waals surface area contributed by atoms with Gasteiger partial charge in [0.05, 0.1) is 11.3 Å². The molecule has 1 aromatic rings. The molecule has 1 rings (SSSR count). The summed E-state index contributed by atoms with van der Waals surface area (Å²) >= 11 is 0. The molecule has 0 saturated heterocycles. The van der Waals surface area contributed by atoms with Gasteiger partial charge in [0.25, 0.3) is 0 Å². The number of Topliss-reactive ketones (excluding diaryl/α,β-unsaturated/α-hetero) is 1. The number of carboxylic acids is 1. The summed E-state index contributed by atoms with van der Waals surface area (Å²) < 4.78 is 0. The molecule has 1 aromatic carbocycles. The first-order valence-electron chi connectivity index (χ1n) is 8.51. The van der Waals surface area contributed by atoms with Crippen LogP contribution in [0.2, 0.25) is 0 Å². The fourth-order valence-corrected chi connectivity index (χ4v) is 2.32. The lowest BCUT2D eigenvalue weighted by molar-refractivity contribution is -0.117. The Kier molecular flexibility index (Phi) is 9.60. The number of carbonyl (C=O) groups is 2. The quantitative estimate of drug-likeness (QED) is 0.426. The first kappa shape index (κ1) is 19.1. The van der Waals surface area contributed by atoms with E-state index in [4.69, 9.17) is 5.11 Å². The van der Waals surface area contributed by atoms with Gasteiger partial charge in [0.2, 0.25) is 0 Å². The second kappa shape index (κ2) is 11.6. The third kappa shape index (κ3) is 8.91. The lowest BCUT2D eigenvalue weighted by Crippen LogP contribution is -1.98. The van der Waals surface area contributed by atoms with E-state index in [-0.39, 0.29) is 11.3 Å². The van der Waals surface area contributed by atoms with Gasteiger partial charge in [0.1, 0.15) is 5.78 Å². The summed E-state index contributed by atoms with van der Waals surface area (Å²) in [6, 6.07) is 6.30. The Bertz CT molecular complexity index is 506. The molecule has 4 heteroatoms. The number of rotatable bonds is 12. The molecule has 0 saturated carbocycles. The number of carbonyl (C=O) groups excluding carboxylic acids is 1. The maximum atomic E-state index is 11.7. The number of ketones is 1. The van der Waals surface area contributed by atoms with E-state index in [9.17, 15) is 9.59 Å². The Hall–Kier alpha value is -1.97. The predicted octanol–water partition coefficient (Wildman–Crippen LogP) is 5.19. The van der Waals surface area contributed by atoms with Crippen LogP contribution in [0, 0.1) is 0 Å². The molecule has 126 valence electrons. The zero-order chi connectivity index (χ0) is 16.9. The van der Waals surface area contributed by atoms with E-state index in [0.29, 0.717) is 18.5 Å². The van der Waals surface area contributed by atoms with E-state index in [2.05, 4.69) is 11.9 Å². The summed E-state index contributed by atoms with van der Waals surface area (Å²) in [6.45, 7) is 2.21. The number of aromatic carboxylic acids is 1. The van der Waals surface area contributed by atoms with Crippen molar-refractivity contribution < 1.29 is 14.7 Å². The highest BCUT2D eigenvalue weighted by atomic mass is 16.4. The highest BCUT2D eigenvalue weighted by molar-refractivity contribution is 5.92. The van der Waals surface area contributed by atoms with Crippen molar-refractivity contribution in [2.45, 2.75) is 64.7 Å². The molecule has 0 bridgehead atoms. The summed E-state index contributed by atoms with van der Waals surface area (Å²) in [7, 11) is 0. The Morgan fingerprint density at radius 1 is 1.00 bits per heavy atom. The van der Waals surface area contributed by atoms with Crippen LogP contribution in [0.1, 0.15) is 75.1 Å². The third-order valence-electron chi connectivity index (χ3n) is 3.73. The molecule has 0 aliphatic rings. The normalized spacial score (nSPS) is 11.0. The summed E-state index contributed by atoms with van der Waals surface area (Å²) in [4.78, 5) is 26.7. The van der Waals surface area contributed by atoms with Gasteiger partial charge < -0.3 is 5.11 Å². The topological polar surface area (TPSA) is 66.7 Å². The minimum atomic E-state index is -0.953. The van der Waals surface area contributed by atoms with Gasteiger partial charge >= 0.3 is 5.97 Å². The monoisotopic (exact) mass is 317 g/mol. The Morgan fingerprint density at radius 3 is 2.22 bits per heavy atom. The zero-order valence-corrected chi connectivity index (χ0v) is 14.0. The molecule has 0 heterocycles. The molecule has 0 amide bonds. The lowest BCUT2D eigenvalue weighted by atomic mass is 10.1. The number of benzene rings is 1. The van der Waals surface area contributed by atoms with E-state index in [1.165, 1.54) is 44.2 Å². The molecule has 23 heavy (non-hydrogen) atoms.